The van der Waals surface area contributed by atoms with Gasteiger partial charge in [-0.25, -0.2) is 0 Å². The van der Waals surface area contributed by atoms with Crippen molar-refractivity contribution in [2.24, 2.45) is 34.8 Å². The van der Waals surface area contributed by atoms with Gasteiger partial charge in [0.25, 0.3) is 0 Å². The first kappa shape index (κ1) is 13.4. The maximum atomic E-state index is 12.3. The third kappa shape index (κ3) is 2.42. The number of nitrogens with two attached hydrogens (primary N) is 1. The molecule has 0 radical (unpaired) electrons. The predicted octanol–water partition coefficient (Wildman–Crippen LogP) is 2.30. The van der Waals surface area contributed by atoms with Crippen LogP contribution in [0.3, 0.4) is 0 Å². The van der Waals surface area contributed by atoms with Gasteiger partial charge in [-0.15, -0.1) is 0 Å². The van der Waals surface area contributed by atoms with Gasteiger partial charge in [-0.2, -0.15) is 0 Å². The molecule has 3 heteroatoms. The fourth-order valence-corrected chi connectivity index (χ4v) is 5.25. The van der Waals surface area contributed by atoms with Crippen molar-refractivity contribution in [2.75, 3.05) is 6.54 Å². The summed E-state index contributed by atoms with van der Waals surface area (Å²) in [7, 11) is 0. The van der Waals surface area contributed by atoms with Crippen LogP contribution in [0.5, 0.6) is 0 Å². The summed E-state index contributed by atoms with van der Waals surface area (Å²) in [6.07, 6.45) is 7.82. The fraction of sp³-hybridized carbons (Fsp3) is 0.938. The second kappa shape index (κ2) is 4.76. The molecule has 0 aliphatic heterocycles. The maximum Gasteiger partial charge on any atom is 0.237 e. The number of carbonyl (C=O) groups is 1. The van der Waals surface area contributed by atoms with E-state index >= 15 is 0 Å². The first-order chi connectivity index (χ1) is 8.98. The molecule has 4 bridgehead atoms. The van der Waals surface area contributed by atoms with E-state index in [2.05, 4.69) is 19.2 Å². The van der Waals surface area contributed by atoms with Crippen LogP contribution in [0.25, 0.3) is 0 Å². The Morgan fingerprint density at radius 2 is 1.63 bits per heavy atom. The lowest BCUT2D eigenvalue weighted by Gasteiger charge is -2.58. The molecule has 4 saturated carbocycles. The number of hydrogen-bond acceptors (Lipinski definition) is 2. The minimum Gasteiger partial charge on any atom is -0.354 e. The lowest BCUT2D eigenvalue weighted by Crippen LogP contribution is -2.59. The zero-order valence-corrected chi connectivity index (χ0v) is 12.3. The molecule has 0 heterocycles. The van der Waals surface area contributed by atoms with Crippen LogP contribution in [0.4, 0.5) is 0 Å². The smallest absolute Gasteiger partial charge is 0.237 e. The molecule has 4 aliphatic rings. The van der Waals surface area contributed by atoms with E-state index in [-0.39, 0.29) is 17.4 Å². The molecule has 4 aliphatic carbocycles. The van der Waals surface area contributed by atoms with Gasteiger partial charge >= 0.3 is 0 Å². The summed E-state index contributed by atoms with van der Waals surface area (Å²) in [6, 6.07) is -0.278. The number of amides is 1. The minimum absolute atomic E-state index is 0.0932. The molecule has 3 N–H and O–H groups in total. The third-order valence-corrected chi connectivity index (χ3v) is 5.71. The van der Waals surface area contributed by atoms with Crippen LogP contribution in [0.2, 0.25) is 0 Å². The molecule has 3 nitrogen and oxygen atoms in total. The van der Waals surface area contributed by atoms with Crippen LogP contribution >= 0.6 is 0 Å². The lowest BCUT2D eigenvalue weighted by atomic mass is 9.47. The van der Waals surface area contributed by atoms with Gasteiger partial charge in [-0.05, 0) is 67.6 Å². The summed E-state index contributed by atoms with van der Waals surface area (Å²) >= 11 is 0. The Labute approximate surface area is 116 Å². The SMILES string of the molecule is CC(C)CNC(=O)C(N)C12CC3CC(CC(C3)C1)C2. The normalized spacial score (nSPS) is 41.6. The van der Waals surface area contributed by atoms with Crippen LogP contribution in [-0.4, -0.2) is 18.5 Å². The monoisotopic (exact) mass is 264 g/mol. The molecule has 1 amide bonds. The largest absolute Gasteiger partial charge is 0.354 e. The maximum absolute atomic E-state index is 12.3. The summed E-state index contributed by atoms with van der Waals surface area (Å²) in [6.45, 7) is 4.99. The Morgan fingerprint density at radius 3 is 2.05 bits per heavy atom. The average Bonchev–Trinajstić information content (AvgIpc) is 2.33. The van der Waals surface area contributed by atoms with E-state index in [1.165, 1.54) is 38.5 Å². The van der Waals surface area contributed by atoms with Crippen molar-refractivity contribution in [2.45, 2.75) is 58.4 Å². The van der Waals surface area contributed by atoms with Crippen molar-refractivity contribution in [1.82, 2.24) is 5.32 Å². The van der Waals surface area contributed by atoms with Gasteiger partial charge in [0.15, 0.2) is 0 Å². The molecule has 0 aromatic rings. The molecule has 0 spiro atoms. The highest BCUT2D eigenvalue weighted by molar-refractivity contribution is 5.82. The van der Waals surface area contributed by atoms with E-state index in [1.807, 2.05) is 0 Å². The van der Waals surface area contributed by atoms with Crippen molar-refractivity contribution in [3.8, 4) is 0 Å². The molecular weight excluding hydrogens is 236 g/mol. The highest BCUT2D eigenvalue weighted by Gasteiger charge is 2.54. The van der Waals surface area contributed by atoms with Crippen LogP contribution in [0, 0.1) is 29.1 Å². The van der Waals surface area contributed by atoms with Crippen molar-refractivity contribution >= 4 is 5.91 Å². The average molecular weight is 264 g/mol. The van der Waals surface area contributed by atoms with E-state index in [0.717, 1.165) is 24.3 Å². The van der Waals surface area contributed by atoms with Gasteiger partial charge in [0.05, 0.1) is 6.04 Å². The highest BCUT2D eigenvalue weighted by Crippen LogP contribution is 2.60. The molecule has 0 aromatic heterocycles. The second-order valence-corrected chi connectivity index (χ2v) is 7.90. The topological polar surface area (TPSA) is 55.1 Å². The Balaban J connectivity index is 1.69. The van der Waals surface area contributed by atoms with Crippen molar-refractivity contribution < 1.29 is 4.79 Å². The van der Waals surface area contributed by atoms with Crippen LogP contribution in [0.15, 0.2) is 0 Å². The number of hydrogen-bond donors (Lipinski definition) is 2. The summed E-state index contributed by atoms with van der Waals surface area (Å²) in [5.41, 5.74) is 6.53. The molecule has 1 unspecified atom stereocenters. The van der Waals surface area contributed by atoms with Crippen molar-refractivity contribution in [3.63, 3.8) is 0 Å². The van der Waals surface area contributed by atoms with E-state index in [9.17, 15) is 4.79 Å². The summed E-state index contributed by atoms with van der Waals surface area (Å²) in [4.78, 5) is 12.3. The first-order valence-corrected chi connectivity index (χ1v) is 8.02. The lowest BCUT2D eigenvalue weighted by molar-refractivity contribution is -0.133. The van der Waals surface area contributed by atoms with E-state index in [0.29, 0.717) is 5.92 Å². The van der Waals surface area contributed by atoms with Gasteiger partial charge in [0.1, 0.15) is 0 Å². The van der Waals surface area contributed by atoms with Crippen molar-refractivity contribution in [1.29, 1.82) is 0 Å². The molecule has 1 atom stereocenters. The highest BCUT2D eigenvalue weighted by atomic mass is 16.2. The standard InChI is InChI=1S/C16H28N2O/c1-10(2)9-18-15(19)14(17)16-6-11-3-12(7-16)5-13(4-11)8-16/h10-14H,3-9,17H2,1-2H3,(H,18,19). The Morgan fingerprint density at radius 1 is 1.16 bits per heavy atom. The zero-order valence-electron chi connectivity index (χ0n) is 12.3. The van der Waals surface area contributed by atoms with Crippen LogP contribution in [-0.2, 0) is 4.79 Å². The fourth-order valence-electron chi connectivity index (χ4n) is 5.25. The van der Waals surface area contributed by atoms with Gasteiger partial charge < -0.3 is 11.1 Å². The number of carbonyl (C=O) groups excluding carboxylic acids is 1. The Hall–Kier alpha value is -0.570. The first-order valence-electron chi connectivity index (χ1n) is 8.02. The van der Waals surface area contributed by atoms with Crippen molar-refractivity contribution in [3.05, 3.63) is 0 Å². The van der Waals surface area contributed by atoms with E-state index in [4.69, 9.17) is 5.73 Å². The quantitative estimate of drug-likeness (QED) is 0.818. The number of nitrogens with one attached hydrogen (secondary N) is 1. The zero-order chi connectivity index (χ0) is 13.6. The van der Waals surface area contributed by atoms with Gasteiger partial charge in [0.2, 0.25) is 5.91 Å². The minimum atomic E-state index is -0.278. The molecule has 19 heavy (non-hydrogen) atoms. The molecule has 0 saturated heterocycles. The van der Waals surface area contributed by atoms with E-state index < -0.39 is 0 Å². The Bertz CT molecular complexity index is 328. The molecule has 108 valence electrons. The Kier molecular flexibility index (Phi) is 3.36. The summed E-state index contributed by atoms with van der Waals surface area (Å²) < 4.78 is 0. The molecule has 0 aromatic carbocycles. The van der Waals surface area contributed by atoms with Gasteiger partial charge in [-0.3, -0.25) is 4.79 Å². The summed E-state index contributed by atoms with van der Waals surface area (Å²) in [5, 5.41) is 3.04. The summed E-state index contributed by atoms with van der Waals surface area (Å²) in [5.74, 6) is 3.16. The predicted molar refractivity (Wildman–Crippen MR) is 76.4 cm³/mol. The second-order valence-electron chi connectivity index (χ2n) is 7.90. The van der Waals surface area contributed by atoms with Gasteiger partial charge in [0, 0.05) is 6.54 Å². The van der Waals surface area contributed by atoms with Crippen LogP contribution < -0.4 is 11.1 Å². The van der Waals surface area contributed by atoms with Gasteiger partial charge in [-0.1, -0.05) is 13.8 Å². The molecule has 4 fully saturated rings. The third-order valence-electron chi connectivity index (χ3n) is 5.71. The number of rotatable bonds is 4. The van der Waals surface area contributed by atoms with E-state index in [1.54, 1.807) is 0 Å². The van der Waals surface area contributed by atoms with Crippen LogP contribution in [0.1, 0.15) is 52.4 Å². The molecular formula is C16H28N2O. The molecule has 4 rings (SSSR count).